The molecule has 2 aromatic carbocycles. The smallest absolute Gasteiger partial charge is 0.417 e. The van der Waals surface area contributed by atoms with Gasteiger partial charge in [-0.3, -0.25) is 8.61 Å². The molecule has 17 heteroatoms. The first-order valence-electron chi connectivity index (χ1n) is 13.0. The number of rotatable bonds is 12. The Bertz CT molecular complexity index is 1580. The van der Waals surface area contributed by atoms with Crippen molar-refractivity contribution in [2.45, 2.75) is 17.7 Å². The van der Waals surface area contributed by atoms with Gasteiger partial charge in [0.05, 0.1) is 30.1 Å². The molecule has 0 aliphatic carbocycles. The summed E-state index contributed by atoms with van der Waals surface area (Å²) in [6.45, 7) is -3.20. The van der Waals surface area contributed by atoms with Crippen molar-refractivity contribution in [2.24, 2.45) is 0 Å². The molecule has 1 N–H and O–H groups in total. The van der Waals surface area contributed by atoms with Crippen LogP contribution in [-0.2, 0) is 16.2 Å². The van der Waals surface area contributed by atoms with Crippen molar-refractivity contribution in [3.8, 4) is 22.8 Å². The van der Waals surface area contributed by atoms with Gasteiger partial charge in [-0.2, -0.15) is 22.0 Å². The molecule has 0 fully saturated rings. The highest BCUT2D eigenvalue weighted by Crippen LogP contribution is 2.42. The Balaban J connectivity index is 1.87. The second kappa shape index (κ2) is 13.7. The molecule has 0 radical (unpaired) electrons. The number of nitrogens with zero attached hydrogens (tertiary/aromatic N) is 4. The summed E-state index contributed by atoms with van der Waals surface area (Å²) in [5.41, 5.74) is -0.549. The predicted molar refractivity (Wildman–Crippen MR) is 153 cm³/mol. The topological polar surface area (TPSA) is 95.4 Å². The van der Waals surface area contributed by atoms with Crippen molar-refractivity contribution in [3.63, 3.8) is 0 Å². The molecule has 9 nitrogen and oxygen atoms in total. The molecule has 0 saturated carbocycles. The molecule has 2 heterocycles. The molecule has 0 unspecified atom stereocenters. The summed E-state index contributed by atoms with van der Waals surface area (Å²) in [6, 6.07) is 7.88. The number of aliphatic hydroxyl groups is 1. The van der Waals surface area contributed by atoms with Gasteiger partial charge in [-0.15, -0.1) is 0 Å². The van der Waals surface area contributed by atoms with Crippen molar-refractivity contribution in [2.75, 3.05) is 61.9 Å². The predicted octanol–water partition coefficient (Wildman–Crippen LogP) is 5.10. The van der Waals surface area contributed by atoms with Crippen LogP contribution in [0.1, 0.15) is 5.56 Å². The number of fused-ring (bicyclic) bond motifs is 1. The second-order valence-corrected chi connectivity index (χ2v) is 12.3. The lowest BCUT2D eigenvalue weighted by Gasteiger charge is -2.39. The number of hydrogen-bond acceptors (Lipinski definition) is 9. The number of likely N-dealkylation sites (N-methyl/N-ethyl adjacent to an activating group) is 1. The van der Waals surface area contributed by atoms with Crippen LogP contribution in [0.15, 0.2) is 53.6 Å². The largest absolute Gasteiger partial charge is 0.474 e. The zero-order valence-electron chi connectivity index (χ0n) is 23.4. The van der Waals surface area contributed by atoms with Gasteiger partial charge in [-0.25, -0.2) is 17.8 Å². The van der Waals surface area contributed by atoms with Gasteiger partial charge in [-0.1, -0.05) is 18.0 Å². The minimum absolute atomic E-state index is 0.0478. The van der Waals surface area contributed by atoms with Crippen LogP contribution in [-0.4, -0.2) is 82.1 Å². The van der Waals surface area contributed by atoms with Crippen molar-refractivity contribution in [1.82, 2.24) is 9.29 Å². The summed E-state index contributed by atoms with van der Waals surface area (Å²) >= 11 is 1.48. The van der Waals surface area contributed by atoms with Crippen molar-refractivity contribution >= 4 is 33.3 Å². The summed E-state index contributed by atoms with van der Waals surface area (Å²) < 4.78 is 121. The average molecular weight is 667 g/mol. The van der Waals surface area contributed by atoms with Crippen molar-refractivity contribution in [3.05, 3.63) is 60.0 Å². The summed E-state index contributed by atoms with van der Waals surface area (Å²) in [5.74, 6) is -1.98. The highest BCUT2D eigenvalue weighted by atomic mass is 32.2. The van der Waals surface area contributed by atoms with E-state index in [1.807, 2.05) is 22.5 Å². The molecule has 4 rings (SSSR count). The number of sulfonamides is 1. The molecule has 0 amide bonds. The van der Waals surface area contributed by atoms with Gasteiger partial charge in [0, 0.05) is 31.9 Å². The van der Waals surface area contributed by atoms with Gasteiger partial charge in [0.2, 0.25) is 5.88 Å². The Morgan fingerprint density at radius 3 is 2.50 bits per heavy atom. The maximum absolute atomic E-state index is 14.4. The van der Waals surface area contributed by atoms with Gasteiger partial charge in [-0.05, 0) is 54.8 Å². The molecular weight excluding hydrogens is 638 g/mol. The van der Waals surface area contributed by atoms with Gasteiger partial charge >= 0.3 is 12.8 Å². The number of aromatic nitrogens is 1. The van der Waals surface area contributed by atoms with Gasteiger partial charge < -0.3 is 19.5 Å². The van der Waals surface area contributed by atoms with Crippen LogP contribution in [0.2, 0.25) is 0 Å². The van der Waals surface area contributed by atoms with Crippen molar-refractivity contribution in [1.29, 1.82) is 0 Å². The van der Waals surface area contributed by atoms with E-state index in [4.69, 9.17) is 9.84 Å². The van der Waals surface area contributed by atoms with E-state index in [0.717, 1.165) is 22.5 Å². The van der Waals surface area contributed by atoms with E-state index in [0.29, 0.717) is 31.0 Å². The molecule has 0 spiro atoms. The number of hydrogen-bond donors (Lipinski definition) is 1. The number of benzene rings is 2. The van der Waals surface area contributed by atoms with Crippen LogP contribution in [0, 0.1) is 5.82 Å². The standard InChI is InChI=1S/C27H28F6N4O5S2/c1-35(43-2)5-6-36-7-8-37(44(39,40)24-14-19(27(31,32)33)16-34-25(24)41-10-9-38)23-13-17(3-4-22(23)36)18-11-20(28)15-21(12-18)42-26(29)30/h3-4,11-16,26,38H,5-10H2,1-2H3. The number of aliphatic hydroxyl groups excluding tert-OH is 1. The van der Waals surface area contributed by atoms with Crippen LogP contribution in [0.4, 0.5) is 37.7 Å². The van der Waals surface area contributed by atoms with E-state index in [1.54, 1.807) is 12.1 Å². The molecule has 240 valence electrons. The first-order chi connectivity index (χ1) is 20.7. The van der Waals surface area contributed by atoms with E-state index in [2.05, 4.69) is 9.72 Å². The normalized spacial score (nSPS) is 13.9. The molecular formula is C27H28F6N4O5S2. The van der Waals surface area contributed by atoms with Crippen LogP contribution in [0.25, 0.3) is 11.1 Å². The van der Waals surface area contributed by atoms with Gasteiger partial charge in [0.25, 0.3) is 10.0 Å². The molecule has 0 atom stereocenters. The quantitative estimate of drug-likeness (QED) is 0.209. The molecule has 44 heavy (non-hydrogen) atoms. The Kier molecular flexibility index (Phi) is 10.4. The fraction of sp³-hybridized carbons (Fsp3) is 0.370. The second-order valence-electron chi connectivity index (χ2n) is 9.45. The number of anilines is 2. The lowest BCUT2D eigenvalue weighted by Crippen LogP contribution is -2.45. The van der Waals surface area contributed by atoms with E-state index >= 15 is 0 Å². The Hall–Kier alpha value is -3.41. The van der Waals surface area contributed by atoms with E-state index < -0.39 is 63.9 Å². The van der Waals surface area contributed by atoms with Crippen LogP contribution < -0.4 is 18.7 Å². The Morgan fingerprint density at radius 2 is 1.84 bits per heavy atom. The summed E-state index contributed by atoms with van der Waals surface area (Å²) in [6.07, 6.45) is -2.61. The van der Waals surface area contributed by atoms with Crippen LogP contribution in [0.3, 0.4) is 0 Å². The lowest BCUT2D eigenvalue weighted by molar-refractivity contribution is -0.138. The zero-order chi connectivity index (χ0) is 32.2. The third-order valence-corrected chi connectivity index (χ3v) is 9.24. The monoisotopic (exact) mass is 666 g/mol. The number of alkyl halides is 5. The third-order valence-electron chi connectivity index (χ3n) is 6.63. The van der Waals surface area contributed by atoms with E-state index in [9.17, 15) is 34.8 Å². The molecule has 1 aliphatic rings. The molecule has 3 aromatic rings. The van der Waals surface area contributed by atoms with Crippen LogP contribution in [0.5, 0.6) is 11.6 Å². The van der Waals surface area contributed by atoms with E-state index in [1.165, 1.54) is 18.0 Å². The van der Waals surface area contributed by atoms with Crippen molar-refractivity contribution < 1.29 is 49.3 Å². The molecule has 0 bridgehead atoms. The first kappa shape index (κ1) is 33.5. The molecule has 0 saturated heterocycles. The summed E-state index contributed by atoms with van der Waals surface area (Å²) in [7, 11) is -2.92. The first-order valence-corrected chi connectivity index (χ1v) is 15.6. The molecule has 1 aliphatic heterocycles. The zero-order valence-corrected chi connectivity index (χ0v) is 25.0. The molecule has 1 aromatic heterocycles. The minimum atomic E-state index is -4.92. The summed E-state index contributed by atoms with van der Waals surface area (Å²) in [4.78, 5) is 4.61. The van der Waals surface area contributed by atoms with Gasteiger partial charge in [0.1, 0.15) is 18.2 Å². The maximum atomic E-state index is 14.4. The lowest BCUT2D eigenvalue weighted by atomic mass is 10.0. The Morgan fingerprint density at radius 1 is 1.09 bits per heavy atom. The number of ether oxygens (including phenoxy) is 2. The number of halogens is 6. The number of pyridine rings is 1. The maximum Gasteiger partial charge on any atom is 0.417 e. The summed E-state index contributed by atoms with van der Waals surface area (Å²) in [5, 5.41) is 9.17. The fourth-order valence-corrected chi connectivity index (χ4v) is 6.34. The highest BCUT2D eigenvalue weighted by Gasteiger charge is 2.38. The highest BCUT2D eigenvalue weighted by molar-refractivity contribution is 7.96. The van der Waals surface area contributed by atoms with Gasteiger partial charge in [0.15, 0.2) is 4.90 Å². The minimum Gasteiger partial charge on any atom is -0.474 e. The fourth-order valence-electron chi connectivity index (χ4n) is 4.50. The third kappa shape index (κ3) is 7.62. The van der Waals surface area contributed by atoms with E-state index in [-0.39, 0.29) is 29.9 Å². The van der Waals surface area contributed by atoms with Crippen LogP contribution >= 0.6 is 11.9 Å². The Labute approximate surface area is 254 Å². The SMILES string of the molecule is CSN(C)CCN1CCN(S(=O)(=O)c2cc(C(F)(F)F)cnc2OCCO)c2cc(-c3cc(F)cc(OC(F)F)c3)ccc21. The average Bonchev–Trinajstić information content (AvgIpc) is 2.96.